The van der Waals surface area contributed by atoms with Crippen LogP contribution in [0.25, 0.3) is 0 Å². The van der Waals surface area contributed by atoms with Crippen LogP contribution in [0.5, 0.6) is 0 Å². The zero-order valence-corrected chi connectivity index (χ0v) is 12.1. The second-order valence-corrected chi connectivity index (χ2v) is 5.71. The van der Waals surface area contributed by atoms with Crippen molar-refractivity contribution >= 4 is 12.1 Å². The van der Waals surface area contributed by atoms with Crippen LogP contribution >= 0.6 is 0 Å². The maximum atomic E-state index is 11.4. The molecular formula is C14H23NO4. The van der Waals surface area contributed by atoms with Crippen molar-refractivity contribution in [3.8, 4) is 0 Å². The number of hydrogen-bond acceptors (Lipinski definition) is 4. The number of nitrogens with one attached hydrogen (secondary N) is 1. The third kappa shape index (κ3) is 6.27. The normalized spacial score (nSPS) is 18.3. The van der Waals surface area contributed by atoms with E-state index in [1.54, 1.807) is 13.0 Å². The van der Waals surface area contributed by atoms with Crippen molar-refractivity contribution in [1.29, 1.82) is 0 Å². The van der Waals surface area contributed by atoms with Gasteiger partial charge in [-0.1, -0.05) is 5.57 Å². The lowest BCUT2D eigenvalue weighted by Gasteiger charge is -2.29. The fourth-order valence-corrected chi connectivity index (χ4v) is 1.84. The number of alkyl carbamates (subject to hydrolysis) is 1. The molecule has 1 amide bonds. The molecule has 0 saturated heterocycles. The van der Waals surface area contributed by atoms with Gasteiger partial charge in [-0.05, 0) is 46.5 Å². The van der Waals surface area contributed by atoms with Crippen molar-refractivity contribution in [1.82, 2.24) is 5.32 Å². The smallest absolute Gasteiger partial charge is 0.407 e. The van der Waals surface area contributed by atoms with Crippen molar-refractivity contribution in [3.05, 3.63) is 11.6 Å². The molecule has 1 rings (SSSR count). The summed E-state index contributed by atoms with van der Waals surface area (Å²) in [6.07, 6.45) is 2.81. The minimum atomic E-state index is -0.474. The lowest BCUT2D eigenvalue weighted by molar-refractivity contribution is -0.137. The van der Waals surface area contributed by atoms with Gasteiger partial charge in [-0.15, -0.1) is 0 Å². The summed E-state index contributed by atoms with van der Waals surface area (Å²) in [5.41, 5.74) is 0.605. The molecule has 1 N–H and O–H groups in total. The van der Waals surface area contributed by atoms with Crippen LogP contribution < -0.4 is 5.32 Å². The minimum Gasteiger partial charge on any atom is -0.463 e. The Hall–Kier alpha value is -1.52. The molecule has 0 bridgehead atoms. The fourth-order valence-electron chi connectivity index (χ4n) is 1.84. The Balaban J connectivity index is 2.19. The topological polar surface area (TPSA) is 64.6 Å². The van der Waals surface area contributed by atoms with E-state index in [0.29, 0.717) is 19.1 Å². The summed E-state index contributed by atoms with van der Waals surface area (Å²) < 4.78 is 9.97. The molecule has 1 aliphatic rings. The predicted molar refractivity (Wildman–Crippen MR) is 71.7 cm³/mol. The third-order valence-corrected chi connectivity index (χ3v) is 2.64. The summed E-state index contributed by atoms with van der Waals surface area (Å²) in [6, 6.07) is 0. The number of hydrogen-bond donors (Lipinski definition) is 1. The summed E-state index contributed by atoms with van der Waals surface area (Å²) in [5, 5.41) is 2.74. The molecule has 0 unspecified atom stereocenters. The van der Waals surface area contributed by atoms with Crippen LogP contribution in [0.15, 0.2) is 11.6 Å². The van der Waals surface area contributed by atoms with Gasteiger partial charge in [-0.25, -0.2) is 9.59 Å². The summed E-state index contributed by atoms with van der Waals surface area (Å²) >= 11 is 0. The van der Waals surface area contributed by atoms with Crippen molar-refractivity contribution < 1.29 is 19.1 Å². The van der Waals surface area contributed by atoms with Gasteiger partial charge in [-0.2, -0.15) is 0 Å². The van der Waals surface area contributed by atoms with Crippen molar-refractivity contribution in [3.63, 3.8) is 0 Å². The largest absolute Gasteiger partial charge is 0.463 e. The van der Waals surface area contributed by atoms with Gasteiger partial charge in [0.15, 0.2) is 0 Å². The molecule has 5 nitrogen and oxygen atoms in total. The Morgan fingerprint density at radius 2 is 2.00 bits per heavy atom. The van der Waals surface area contributed by atoms with E-state index in [2.05, 4.69) is 5.32 Å². The van der Waals surface area contributed by atoms with Gasteiger partial charge in [0, 0.05) is 12.6 Å². The van der Waals surface area contributed by atoms with Crippen LogP contribution in [0.2, 0.25) is 0 Å². The van der Waals surface area contributed by atoms with Gasteiger partial charge in [-0.3, -0.25) is 0 Å². The number of allylic oxidation sites excluding steroid dienone is 1. The lowest BCUT2D eigenvalue weighted by Crippen LogP contribution is -2.37. The molecule has 0 aromatic rings. The number of carbonyl (C=O) groups is 2. The van der Waals surface area contributed by atoms with Crippen LogP contribution in [0.4, 0.5) is 4.79 Å². The zero-order chi connectivity index (χ0) is 14.5. The molecule has 0 spiro atoms. The van der Waals surface area contributed by atoms with E-state index in [0.717, 1.165) is 18.4 Å². The van der Waals surface area contributed by atoms with Crippen molar-refractivity contribution in [2.45, 2.75) is 46.1 Å². The molecule has 19 heavy (non-hydrogen) atoms. The number of amides is 1. The quantitative estimate of drug-likeness (QED) is 0.628. The van der Waals surface area contributed by atoms with Crippen LogP contribution in [-0.4, -0.2) is 30.8 Å². The molecule has 0 aromatic heterocycles. The molecular weight excluding hydrogens is 246 g/mol. The van der Waals surface area contributed by atoms with Crippen molar-refractivity contribution in [2.24, 2.45) is 5.92 Å². The number of esters is 1. The molecule has 0 radical (unpaired) electrons. The van der Waals surface area contributed by atoms with Gasteiger partial charge in [0.05, 0.1) is 6.61 Å². The first-order valence-electron chi connectivity index (χ1n) is 6.63. The monoisotopic (exact) mass is 269 g/mol. The van der Waals surface area contributed by atoms with Gasteiger partial charge in [0.1, 0.15) is 5.60 Å². The molecule has 1 fully saturated rings. The van der Waals surface area contributed by atoms with E-state index in [9.17, 15) is 9.59 Å². The Morgan fingerprint density at radius 3 is 2.53 bits per heavy atom. The number of ether oxygens (including phenoxy) is 2. The summed E-state index contributed by atoms with van der Waals surface area (Å²) in [6.45, 7) is 8.24. The number of rotatable bonds is 4. The molecule has 0 aliphatic heterocycles. The highest BCUT2D eigenvalue weighted by Crippen LogP contribution is 2.32. The molecule has 1 saturated carbocycles. The maximum Gasteiger partial charge on any atom is 0.407 e. The van der Waals surface area contributed by atoms with Gasteiger partial charge < -0.3 is 14.8 Å². The van der Waals surface area contributed by atoms with Crippen LogP contribution in [0, 0.1) is 5.92 Å². The molecule has 1 aliphatic carbocycles. The zero-order valence-electron chi connectivity index (χ0n) is 12.1. The number of carbonyl (C=O) groups excluding carboxylic acids is 2. The van der Waals surface area contributed by atoms with Crippen LogP contribution in [0.3, 0.4) is 0 Å². The highest BCUT2D eigenvalue weighted by molar-refractivity contribution is 5.83. The fraction of sp³-hybridized carbons (Fsp3) is 0.714. The maximum absolute atomic E-state index is 11.4. The highest BCUT2D eigenvalue weighted by atomic mass is 16.6. The Kier molecular flexibility index (Phi) is 5.39. The highest BCUT2D eigenvalue weighted by Gasteiger charge is 2.25. The first-order chi connectivity index (χ1) is 8.80. The van der Waals surface area contributed by atoms with Crippen molar-refractivity contribution in [2.75, 3.05) is 13.2 Å². The van der Waals surface area contributed by atoms with E-state index in [4.69, 9.17) is 9.47 Å². The lowest BCUT2D eigenvalue weighted by atomic mass is 9.80. The first-order valence-corrected chi connectivity index (χ1v) is 6.63. The minimum absolute atomic E-state index is 0.281. The molecule has 0 heterocycles. The average molecular weight is 269 g/mol. The van der Waals surface area contributed by atoms with E-state index >= 15 is 0 Å². The average Bonchev–Trinajstić information content (AvgIpc) is 2.18. The first kappa shape index (κ1) is 15.5. The second-order valence-electron chi connectivity index (χ2n) is 5.71. The summed E-state index contributed by atoms with van der Waals surface area (Å²) in [5.74, 6) is 0.101. The predicted octanol–water partition coefficient (Wildman–Crippen LogP) is 2.41. The standard InChI is InChI=1S/C14H23NO4/c1-5-18-12(16)8-10-6-11(7-10)9-15-13(17)19-14(2,3)4/h8,11H,5-7,9H2,1-4H3,(H,15,17). The Bertz CT molecular complexity index is 360. The molecule has 5 heteroatoms. The van der Waals surface area contributed by atoms with Gasteiger partial charge in [0.2, 0.25) is 0 Å². The SMILES string of the molecule is CCOC(=O)C=C1CC(CNC(=O)OC(C)(C)C)C1. The van der Waals surface area contributed by atoms with Crippen LogP contribution in [0.1, 0.15) is 40.5 Å². The Labute approximate surface area is 114 Å². The second kappa shape index (κ2) is 6.59. The summed E-state index contributed by atoms with van der Waals surface area (Å²) in [4.78, 5) is 22.6. The summed E-state index contributed by atoms with van der Waals surface area (Å²) in [7, 11) is 0. The molecule has 108 valence electrons. The Morgan fingerprint density at radius 1 is 1.37 bits per heavy atom. The van der Waals surface area contributed by atoms with E-state index in [1.165, 1.54) is 0 Å². The van der Waals surface area contributed by atoms with Gasteiger partial charge in [0.25, 0.3) is 0 Å². The van der Waals surface area contributed by atoms with E-state index < -0.39 is 11.7 Å². The molecule has 0 atom stereocenters. The van der Waals surface area contributed by atoms with E-state index in [1.807, 2.05) is 20.8 Å². The van der Waals surface area contributed by atoms with Gasteiger partial charge >= 0.3 is 12.1 Å². The van der Waals surface area contributed by atoms with E-state index in [-0.39, 0.29) is 5.97 Å². The molecule has 0 aromatic carbocycles. The third-order valence-electron chi connectivity index (χ3n) is 2.64. The van der Waals surface area contributed by atoms with Crippen LogP contribution in [-0.2, 0) is 14.3 Å².